The van der Waals surface area contributed by atoms with Gasteiger partial charge in [-0.05, 0) is 50.7 Å². The molecule has 5 nitrogen and oxygen atoms in total. The SMILES string of the molecule is COc1ccccc1-c1cccc(NC(=O)N2CCC[C@H](N(C)C)C2)c1. The highest BCUT2D eigenvalue weighted by Gasteiger charge is 2.24. The van der Waals surface area contributed by atoms with Gasteiger partial charge in [-0.15, -0.1) is 0 Å². The van der Waals surface area contributed by atoms with E-state index in [-0.39, 0.29) is 6.03 Å². The van der Waals surface area contributed by atoms with E-state index >= 15 is 0 Å². The van der Waals surface area contributed by atoms with Crippen molar-refractivity contribution in [3.05, 3.63) is 48.5 Å². The molecule has 0 aliphatic carbocycles. The Balaban J connectivity index is 1.73. The van der Waals surface area contributed by atoms with Gasteiger partial charge in [-0.3, -0.25) is 0 Å². The average molecular weight is 353 g/mol. The first kappa shape index (κ1) is 18.3. The van der Waals surface area contributed by atoms with E-state index in [1.54, 1.807) is 7.11 Å². The standard InChI is InChI=1S/C21H27N3O2/c1-23(2)18-10-7-13-24(15-18)21(25)22-17-9-6-8-16(14-17)19-11-4-5-12-20(19)26-3/h4-6,8-9,11-12,14,18H,7,10,13,15H2,1-3H3,(H,22,25)/t18-/m0/s1. The van der Waals surface area contributed by atoms with Crippen LogP contribution in [0.1, 0.15) is 12.8 Å². The Hall–Kier alpha value is -2.53. The van der Waals surface area contributed by atoms with Crippen LogP contribution in [-0.2, 0) is 0 Å². The maximum absolute atomic E-state index is 12.7. The Morgan fingerprint density at radius 3 is 2.77 bits per heavy atom. The first-order valence-electron chi connectivity index (χ1n) is 9.04. The summed E-state index contributed by atoms with van der Waals surface area (Å²) >= 11 is 0. The number of amides is 2. The van der Waals surface area contributed by atoms with Crippen molar-refractivity contribution < 1.29 is 9.53 Å². The second-order valence-corrected chi connectivity index (χ2v) is 6.92. The van der Waals surface area contributed by atoms with Crippen LogP contribution < -0.4 is 10.1 Å². The van der Waals surface area contributed by atoms with Crippen LogP contribution in [0.4, 0.5) is 10.5 Å². The summed E-state index contributed by atoms with van der Waals surface area (Å²) in [6, 6.07) is 16.2. The summed E-state index contributed by atoms with van der Waals surface area (Å²) in [5.41, 5.74) is 2.83. The molecule has 0 bridgehead atoms. The van der Waals surface area contributed by atoms with E-state index in [1.165, 1.54) is 0 Å². The minimum atomic E-state index is -0.0336. The lowest BCUT2D eigenvalue weighted by Crippen LogP contribution is -2.48. The summed E-state index contributed by atoms with van der Waals surface area (Å²) in [5.74, 6) is 0.820. The topological polar surface area (TPSA) is 44.8 Å². The van der Waals surface area contributed by atoms with Gasteiger partial charge in [-0.25, -0.2) is 4.79 Å². The van der Waals surface area contributed by atoms with Gasteiger partial charge in [0.1, 0.15) is 5.75 Å². The summed E-state index contributed by atoms with van der Waals surface area (Å²) in [6.07, 6.45) is 2.18. The molecule has 138 valence electrons. The smallest absolute Gasteiger partial charge is 0.321 e. The third-order valence-electron chi connectivity index (χ3n) is 4.95. The van der Waals surface area contributed by atoms with Gasteiger partial charge in [0, 0.05) is 30.4 Å². The highest BCUT2D eigenvalue weighted by Crippen LogP contribution is 2.31. The number of likely N-dealkylation sites (N-methyl/N-ethyl adjacent to an activating group) is 1. The van der Waals surface area contributed by atoms with Crippen molar-refractivity contribution in [1.29, 1.82) is 0 Å². The number of piperidine rings is 1. The van der Waals surface area contributed by atoms with Crippen molar-refractivity contribution in [1.82, 2.24) is 9.80 Å². The Morgan fingerprint density at radius 1 is 1.19 bits per heavy atom. The van der Waals surface area contributed by atoms with Crippen molar-refractivity contribution in [2.24, 2.45) is 0 Å². The molecule has 0 spiro atoms. The maximum Gasteiger partial charge on any atom is 0.321 e. The molecule has 2 aromatic carbocycles. The summed E-state index contributed by atoms with van der Waals surface area (Å²) in [7, 11) is 5.81. The molecule has 3 rings (SSSR count). The van der Waals surface area contributed by atoms with Crippen LogP contribution in [-0.4, -0.2) is 56.2 Å². The Bertz CT molecular complexity index is 760. The van der Waals surface area contributed by atoms with Gasteiger partial charge in [0.25, 0.3) is 0 Å². The zero-order valence-electron chi connectivity index (χ0n) is 15.7. The van der Waals surface area contributed by atoms with Gasteiger partial charge in [0.05, 0.1) is 7.11 Å². The largest absolute Gasteiger partial charge is 0.496 e. The predicted molar refractivity (Wildman–Crippen MR) is 106 cm³/mol. The van der Waals surface area contributed by atoms with Gasteiger partial charge in [-0.1, -0.05) is 30.3 Å². The van der Waals surface area contributed by atoms with Crippen LogP contribution in [0.5, 0.6) is 5.75 Å². The molecular formula is C21H27N3O2. The Morgan fingerprint density at radius 2 is 2.00 bits per heavy atom. The number of rotatable bonds is 4. The molecule has 0 aromatic heterocycles. The van der Waals surface area contributed by atoms with Gasteiger partial charge >= 0.3 is 6.03 Å². The summed E-state index contributed by atoms with van der Waals surface area (Å²) in [5, 5.41) is 3.05. The van der Waals surface area contributed by atoms with Crippen LogP contribution in [0, 0.1) is 0 Å². The molecule has 5 heteroatoms. The first-order chi connectivity index (χ1) is 12.6. The zero-order chi connectivity index (χ0) is 18.5. The number of nitrogens with zero attached hydrogens (tertiary/aromatic N) is 2. The second kappa shape index (κ2) is 8.23. The lowest BCUT2D eigenvalue weighted by atomic mass is 10.0. The van der Waals surface area contributed by atoms with Crippen LogP contribution in [0.25, 0.3) is 11.1 Å². The fraction of sp³-hybridized carbons (Fsp3) is 0.381. The molecule has 0 radical (unpaired) electrons. The molecule has 0 unspecified atom stereocenters. The van der Waals surface area contributed by atoms with Crippen LogP contribution >= 0.6 is 0 Å². The molecule has 26 heavy (non-hydrogen) atoms. The van der Waals surface area contributed by atoms with Gasteiger partial charge < -0.3 is 19.9 Å². The molecule has 0 saturated carbocycles. The van der Waals surface area contributed by atoms with Gasteiger partial charge in [-0.2, -0.15) is 0 Å². The molecule has 1 atom stereocenters. The molecular weight excluding hydrogens is 326 g/mol. The van der Waals surface area contributed by atoms with Crippen LogP contribution in [0.3, 0.4) is 0 Å². The molecule has 1 aliphatic heterocycles. The number of nitrogens with one attached hydrogen (secondary N) is 1. The predicted octanol–water partition coefficient (Wildman–Crippen LogP) is 3.92. The summed E-state index contributed by atoms with van der Waals surface area (Å²) in [6.45, 7) is 1.58. The molecule has 2 aromatic rings. The van der Waals surface area contributed by atoms with E-state index in [0.717, 1.165) is 48.5 Å². The van der Waals surface area contributed by atoms with Crippen molar-refractivity contribution in [3.63, 3.8) is 0 Å². The average Bonchev–Trinajstić information content (AvgIpc) is 2.68. The van der Waals surface area contributed by atoms with Crippen molar-refractivity contribution in [3.8, 4) is 16.9 Å². The number of urea groups is 1. The molecule has 1 N–H and O–H groups in total. The second-order valence-electron chi connectivity index (χ2n) is 6.92. The number of methoxy groups -OCH3 is 1. The van der Waals surface area contributed by atoms with Crippen molar-refractivity contribution in [2.75, 3.05) is 39.6 Å². The minimum Gasteiger partial charge on any atom is -0.496 e. The van der Waals surface area contributed by atoms with E-state index < -0.39 is 0 Å². The lowest BCUT2D eigenvalue weighted by molar-refractivity contribution is 0.148. The van der Waals surface area contributed by atoms with E-state index in [4.69, 9.17) is 4.74 Å². The fourth-order valence-electron chi connectivity index (χ4n) is 3.41. The first-order valence-corrected chi connectivity index (χ1v) is 9.04. The molecule has 1 heterocycles. The number of hydrogen-bond acceptors (Lipinski definition) is 3. The van der Waals surface area contributed by atoms with E-state index in [9.17, 15) is 4.79 Å². The fourth-order valence-corrected chi connectivity index (χ4v) is 3.41. The normalized spacial score (nSPS) is 17.2. The van der Waals surface area contributed by atoms with Gasteiger partial charge in [0.15, 0.2) is 0 Å². The number of carbonyl (C=O) groups excluding carboxylic acids is 1. The molecule has 1 fully saturated rings. The van der Waals surface area contributed by atoms with Crippen molar-refractivity contribution in [2.45, 2.75) is 18.9 Å². The number of anilines is 1. The quantitative estimate of drug-likeness (QED) is 0.906. The molecule has 1 aliphatic rings. The highest BCUT2D eigenvalue weighted by molar-refractivity contribution is 5.90. The van der Waals surface area contributed by atoms with Crippen LogP contribution in [0.15, 0.2) is 48.5 Å². The number of likely N-dealkylation sites (tertiary alicyclic amines) is 1. The number of ether oxygens (including phenoxy) is 1. The van der Waals surface area contributed by atoms with E-state index in [1.807, 2.05) is 53.4 Å². The zero-order valence-corrected chi connectivity index (χ0v) is 15.7. The Labute approximate surface area is 155 Å². The van der Waals surface area contributed by atoms with Gasteiger partial charge in [0.2, 0.25) is 0 Å². The number of carbonyl (C=O) groups is 1. The number of para-hydroxylation sites is 1. The third kappa shape index (κ3) is 4.17. The van der Waals surface area contributed by atoms with Crippen LogP contribution in [0.2, 0.25) is 0 Å². The van der Waals surface area contributed by atoms with E-state index in [0.29, 0.717) is 6.04 Å². The summed E-state index contributed by atoms with van der Waals surface area (Å²) in [4.78, 5) is 16.8. The molecule has 2 amide bonds. The minimum absolute atomic E-state index is 0.0336. The number of benzene rings is 2. The maximum atomic E-state index is 12.7. The molecule has 1 saturated heterocycles. The third-order valence-corrected chi connectivity index (χ3v) is 4.95. The van der Waals surface area contributed by atoms with Crippen molar-refractivity contribution >= 4 is 11.7 Å². The Kier molecular flexibility index (Phi) is 5.78. The number of hydrogen-bond donors (Lipinski definition) is 1. The monoisotopic (exact) mass is 353 g/mol. The lowest BCUT2D eigenvalue weighted by Gasteiger charge is -2.36. The highest BCUT2D eigenvalue weighted by atomic mass is 16.5. The van der Waals surface area contributed by atoms with E-state index in [2.05, 4.69) is 24.3 Å². The summed E-state index contributed by atoms with van der Waals surface area (Å²) < 4.78 is 5.45.